The highest BCUT2D eigenvalue weighted by molar-refractivity contribution is 9.10. The van der Waals surface area contributed by atoms with E-state index >= 15 is 0 Å². The number of ether oxygens (including phenoxy) is 1. The van der Waals surface area contributed by atoms with E-state index in [2.05, 4.69) is 26.2 Å². The summed E-state index contributed by atoms with van der Waals surface area (Å²) >= 11 is 3.46. The Kier molecular flexibility index (Phi) is 4.38. The van der Waals surface area contributed by atoms with Gasteiger partial charge in [0.15, 0.2) is 0 Å². The second kappa shape index (κ2) is 6.02. The summed E-state index contributed by atoms with van der Waals surface area (Å²) in [5, 5.41) is 4.32. The van der Waals surface area contributed by atoms with Crippen LogP contribution in [0.1, 0.15) is 6.92 Å². The average Bonchev–Trinajstić information content (AvgIpc) is 2.36. The lowest BCUT2D eigenvalue weighted by Crippen LogP contribution is -2.11. The molecule has 0 bridgehead atoms. The van der Waals surface area contributed by atoms with Crippen LogP contribution in [0.25, 0.3) is 10.9 Å². The van der Waals surface area contributed by atoms with E-state index < -0.39 is 0 Å². The normalized spacial score (nSPS) is 10.8. The zero-order valence-electron chi connectivity index (χ0n) is 10.2. The highest BCUT2D eigenvalue weighted by Gasteiger charge is 2.06. The minimum atomic E-state index is 0.650. The van der Waals surface area contributed by atoms with Crippen LogP contribution in [0, 0.1) is 0 Å². The summed E-state index contributed by atoms with van der Waals surface area (Å²) in [6, 6.07) is 5.95. The molecule has 0 radical (unpaired) electrons. The molecule has 4 nitrogen and oxygen atoms in total. The summed E-state index contributed by atoms with van der Waals surface area (Å²) < 4.78 is 6.31. The molecular formula is C13H16BrN3O. The maximum Gasteiger partial charge on any atom is 0.0743 e. The fourth-order valence-electron chi connectivity index (χ4n) is 1.77. The lowest BCUT2D eigenvalue weighted by molar-refractivity contribution is 0.158. The molecule has 0 fully saturated rings. The molecule has 0 aliphatic heterocycles. The van der Waals surface area contributed by atoms with E-state index in [9.17, 15) is 0 Å². The predicted octanol–water partition coefficient (Wildman–Crippen LogP) is 3.03. The van der Waals surface area contributed by atoms with E-state index in [4.69, 9.17) is 10.5 Å². The molecule has 0 amide bonds. The van der Waals surface area contributed by atoms with Gasteiger partial charge in [0.1, 0.15) is 0 Å². The van der Waals surface area contributed by atoms with E-state index in [0.717, 1.165) is 34.2 Å². The molecular weight excluding hydrogens is 294 g/mol. The summed E-state index contributed by atoms with van der Waals surface area (Å²) in [4.78, 5) is 4.31. The summed E-state index contributed by atoms with van der Waals surface area (Å²) in [6.45, 7) is 4.09. The second-order valence-corrected chi connectivity index (χ2v) is 4.79. The number of halogens is 1. The Morgan fingerprint density at radius 1 is 1.44 bits per heavy atom. The van der Waals surface area contributed by atoms with Crippen molar-refractivity contribution in [1.82, 2.24) is 4.98 Å². The molecule has 1 aromatic heterocycles. The first kappa shape index (κ1) is 13.1. The molecule has 0 saturated carbocycles. The monoisotopic (exact) mass is 309 g/mol. The largest absolute Gasteiger partial charge is 0.396 e. The predicted molar refractivity (Wildman–Crippen MR) is 78.8 cm³/mol. The van der Waals surface area contributed by atoms with Crippen LogP contribution in [-0.4, -0.2) is 24.7 Å². The van der Waals surface area contributed by atoms with Gasteiger partial charge in [-0.25, -0.2) is 0 Å². The van der Waals surface area contributed by atoms with Gasteiger partial charge in [0.2, 0.25) is 0 Å². The van der Waals surface area contributed by atoms with Gasteiger partial charge in [-0.05, 0) is 25.1 Å². The number of fused-ring (bicyclic) bond motifs is 1. The molecule has 0 aliphatic rings. The maximum absolute atomic E-state index is 5.97. The Balaban J connectivity index is 2.29. The van der Waals surface area contributed by atoms with Gasteiger partial charge in [-0.1, -0.05) is 15.9 Å². The number of hydrogen-bond donors (Lipinski definition) is 2. The SMILES string of the molecule is CCOCCNc1c(N)cnc2ccc(Br)cc12. The van der Waals surface area contributed by atoms with Crippen molar-refractivity contribution in [3.8, 4) is 0 Å². The topological polar surface area (TPSA) is 60.2 Å². The average molecular weight is 310 g/mol. The smallest absolute Gasteiger partial charge is 0.0743 e. The van der Waals surface area contributed by atoms with Gasteiger partial charge < -0.3 is 15.8 Å². The molecule has 0 spiro atoms. The Morgan fingerprint density at radius 2 is 2.28 bits per heavy atom. The highest BCUT2D eigenvalue weighted by atomic mass is 79.9. The third-order valence-corrected chi connectivity index (χ3v) is 3.10. The van der Waals surface area contributed by atoms with Crippen molar-refractivity contribution in [2.75, 3.05) is 30.8 Å². The molecule has 2 aromatic rings. The fraction of sp³-hybridized carbons (Fsp3) is 0.308. The van der Waals surface area contributed by atoms with Crippen LogP contribution in [0.3, 0.4) is 0 Å². The van der Waals surface area contributed by atoms with Crippen LogP contribution >= 0.6 is 15.9 Å². The van der Waals surface area contributed by atoms with E-state index in [0.29, 0.717) is 12.3 Å². The van der Waals surface area contributed by atoms with Crippen LogP contribution in [0.4, 0.5) is 11.4 Å². The highest BCUT2D eigenvalue weighted by Crippen LogP contribution is 2.29. The summed E-state index contributed by atoms with van der Waals surface area (Å²) in [6.07, 6.45) is 1.68. The standard InChI is InChI=1S/C13H16BrN3O/c1-2-18-6-5-16-13-10-7-9(14)3-4-12(10)17-8-11(13)15/h3-4,7-8H,2,5-6,15H2,1H3,(H,16,17). The van der Waals surface area contributed by atoms with Crippen LogP contribution in [0.5, 0.6) is 0 Å². The van der Waals surface area contributed by atoms with Gasteiger partial charge in [0, 0.05) is 23.0 Å². The minimum Gasteiger partial charge on any atom is -0.396 e. The lowest BCUT2D eigenvalue weighted by atomic mass is 10.1. The zero-order valence-corrected chi connectivity index (χ0v) is 11.8. The summed E-state index contributed by atoms with van der Waals surface area (Å²) in [7, 11) is 0. The van der Waals surface area contributed by atoms with Gasteiger partial charge in [-0.2, -0.15) is 0 Å². The maximum atomic E-state index is 5.97. The third kappa shape index (κ3) is 2.91. The van der Waals surface area contributed by atoms with Crippen LogP contribution < -0.4 is 11.1 Å². The lowest BCUT2D eigenvalue weighted by Gasteiger charge is -2.12. The number of nitrogens with one attached hydrogen (secondary N) is 1. The van der Waals surface area contributed by atoms with Gasteiger partial charge in [0.05, 0.1) is 29.7 Å². The third-order valence-electron chi connectivity index (χ3n) is 2.61. The van der Waals surface area contributed by atoms with Crippen LogP contribution in [-0.2, 0) is 4.74 Å². The van der Waals surface area contributed by atoms with Crippen molar-refractivity contribution in [2.24, 2.45) is 0 Å². The molecule has 2 rings (SSSR count). The summed E-state index contributed by atoms with van der Waals surface area (Å²) in [5.41, 5.74) is 8.46. The number of pyridine rings is 1. The Bertz CT molecular complexity index is 540. The van der Waals surface area contributed by atoms with Crippen molar-refractivity contribution in [3.63, 3.8) is 0 Å². The quantitative estimate of drug-likeness (QED) is 0.833. The molecule has 18 heavy (non-hydrogen) atoms. The number of rotatable bonds is 5. The fourth-order valence-corrected chi connectivity index (χ4v) is 2.13. The molecule has 0 atom stereocenters. The minimum absolute atomic E-state index is 0.650. The second-order valence-electron chi connectivity index (χ2n) is 3.87. The molecule has 0 saturated heterocycles. The van der Waals surface area contributed by atoms with Crippen molar-refractivity contribution in [1.29, 1.82) is 0 Å². The number of anilines is 2. The van der Waals surface area contributed by atoms with E-state index in [1.807, 2.05) is 25.1 Å². The molecule has 0 aliphatic carbocycles. The van der Waals surface area contributed by atoms with E-state index in [-0.39, 0.29) is 0 Å². The van der Waals surface area contributed by atoms with Crippen LogP contribution in [0.15, 0.2) is 28.9 Å². The number of hydrogen-bond acceptors (Lipinski definition) is 4. The number of nitrogen functional groups attached to an aromatic ring is 1. The molecule has 1 heterocycles. The van der Waals surface area contributed by atoms with Gasteiger partial charge >= 0.3 is 0 Å². The molecule has 0 unspecified atom stereocenters. The molecule has 96 valence electrons. The first-order valence-electron chi connectivity index (χ1n) is 5.87. The molecule has 3 N–H and O–H groups in total. The van der Waals surface area contributed by atoms with Gasteiger partial charge in [0.25, 0.3) is 0 Å². The molecule has 1 aromatic carbocycles. The van der Waals surface area contributed by atoms with E-state index in [1.165, 1.54) is 0 Å². The van der Waals surface area contributed by atoms with Crippen LogP contribution in [0.2, 0.25) is 0 Å². The first-order chi connectivity index (χ1) is 8.72. The number of aromatic nitrogens is 1. The Labute approximate surface area is 115 Å². The van der Waals surface area contributed by atoms with Crippen molar-refractivity contribution < 1.29 is 4.74 Å². The van der Waals surface area contributed by atoms with Crippen molar-refractivity contribution in [3.05, 3.63) is 28.9 Å². The van der Waals surface area contributed by atoms with Crippen molar-refractivity contribution >= 4 is 38.2 Å². The first-order valence-corrected chi connectivity index (χ1v) is 6.67. The van der Waals surface area contributed by atoms with Gasteiger partial charge in [-0.3, -0.25) is 4.98 Å². The Morgan fingerprint density at radius 3 is 3.06 bits per heavy atom. The van der Waals surface area contributed by atoms with E-state index in [1.54, 1.807) is 6.20 Å². The number of nitrogens with two attached hydrogens (primary N) is 1. The Hall–Kier alpha value is -1.33. The van der Waals surface area contributed by atoms with Crippen molar-refractivity contribution in [2.45, 2.75) is 6.92 Å². The number of benzene rings is 1. The molecule has 5 heteroatoms. The number of nitrogens with zero attached hydrogens (tertiary/aromatic N) is 1. The summed E-state index contributed by atoms with van der Waals surface area (Å²) in [5.74, 6) is 0. The zero-order chi connectivity index (χ0) is 13.0. The van der Waals surface area contributed by atoms with Gasteiger partial charge in [-0.15, -0.1) is 0 Å².